The van der Waals surface area contributed by atoms with Gasteiger partial charge in [0, 0.05) is 12.4 Å². The van der Waals surface area contributed by atoms with Crippen molar-refractivity contribution in [3.63, 3.8) is 0 Å². The van der Waals surface area contributed by atoms with Crippen LogP contribution in [-0.4, -0.2) is 31.0 Å². The van der Waals surface area contributed by atoms with Gasteiger partial charge in [0.15, 0.2) is 11.6 Å². The number of hydrogen-bond acceptors (Lipinski definition) is 3. The molecule has 0 aliphatic carbocycles. The van der Waals surface area contributed by atoms with E-state index in [1.807, 2.05) is 5.38 Å². The summed E-state index contributed by atoms with van der Waals surface area (Å²) < 4.78 is 18.6. The molecule has 19 heavy (non-hydrogen) atoms. The Morgan fingerprint density at radius 2 is 2.16 bits per heavy atom. The first-order valence-electron chi connectivity index (χ1n) is 5.83. The van der Waals surface area contributed by atoms with Crippen molar-refractivity contribution in [3.8, 4) is 5.75 Å². The lowest BCUT2D eigenvalue weighted by atomic mass is 10.3. The van der Waals surface area contributed by atoms with Crippen molar-refractivity contribution in [1.29, 1.82) is 0 Å². The number of likely N-dealkylation sites (N-methyl/N-ethyl adjacent to an activating group) is 1. The summed E-state index contributed by atoms with van der Waals surface area (Å²) in [5, 5.41) is 3.66. The highest BCUT2D eigenvalue weighted by molar-refractivity contribution is 7.08. The molecule has 0 bridgehead atoms. The van der Waals surface area contributed by atoms with Crippen molar-refractivity contribution in [3.05, 3.63) is 52.5 Å². The summed E-state index contributed by atoms with van der Waals surface area (Å²) in [7, 11) is 1.70. The zero-order chi connectivity index (χ0) is 13.7. The molecule has 2 aromatic rings. The molecular weight excluding hydrogens is 265 g/mol. The van der Waals surface area contributed by atoms with Gasteiger partial charge in [-0.3, -0.25) is 4.79 Å². The van der Waals surface area contributed by atoms with E-state index >= 15 is 0 Å². The number of carbonyl (C=O) groups is 1. The SMILES string of the molecule is CN(CCOc1ccccc1F)C(=O)c1ccsc1. The molecule has 0 spiro atoms. The summed E-state index contributed by atoms with van der Waals surface area (Å²) in [5.74, 6) is -0.244. The minimum Gasteiger partial charge on any atom is -0.489 e. The van der Waals surface area contributed by atoms with Gasteiger partial charge in [0.1, 0.15) is 6.61 Å². The number of rotatable bonds is 5. The minimum absolute atomic E-state index is 0.0571. The van der Waals surface area contributed by atoms with E-state index in [1.54, 1.807) is 41.6 Å². The van der Waals surface area contributed by atoms with Crippen LogP contribution < -0.4 is 4.74 Å². The quantitative estimate of drug-likeness (QED) is 0.842. The van der Waals surface area contributed by atoms with Crippen molar-refractivity contribution < 1.29 is 13.9 Å². The highest BCUT2D eigenvalue weighted by atomic mass is 32.1. The number of halogens is 1. The maximum absolute atomic E-state index is 13.3. The van der Waals surface area contributed by atoms with Gasteiger partial charge in [0.2, 0.25) is 0 Å². The van der Waals surface area contributed by atoms with Crippen LogP contribution in [0.2, 0.25) is 0 Å². The first kappa shape index (κ1) is 13.5. The lowest BCUT2D eigenvalue weighted by Crippen LogP contribution is -2.30. The number of carbonyl (C=O) groups excluding carboxylic acids is 1. The number of benzene rings is 1. The maximum atomic E-state index is 13.3. The largest absolute Gasteiger partial charge is 0.489 e. The molecule has 1 amide bonds. The maximum Gasteiger partial charge on any atom is 0.254 e. The van der Waals surface area contributed by atoms with Crippen LogP contribution >= 0.6 is 11.3 Å². The fourth-order valence-corrected chi connectivity index (χ4v) is 2.19. The number of para-hydroxylation sites is 1. The van der Waals surface area contributed by atoms with Gasteiger partial charge in [-0.05, 0) is 23.6 Å². The molecule has 5 heteroatoms. The molecule has 0 saturated carbocycles. The number of nitrogens with zero attached hydrogens (tertiary/aromatic N) is 1. The van der Waals surface area contributed by atoms with E-state index in [1.165, 1.54) is 17.4 Å². The number of ether oxygens (including phenoxy) is 1. The summed E-state index contributed by atoms with van der Waals surface area (Å²) in [6, 6.07) is 8.00. The highest BCUT2D eigenvalue weighted by Crippen LogP contribution is 2.15. The van der Waals surface area contributed by atoms with Gasteiger partial charge in [-0.1, -0.05) is 12.1 Å². The summed E-state index contributed by atoms with van der Waals surface area (Å²) >= 11 is 1.48. The molecular formula is C14H14FNO2S. The topological polar surface area (TPSA) is 29.5 Å². The molecule has 0 saturated heterocycles. The van der Waals surface area contributed by atoms with Crippen LogP contribution in [0.3, 0.4) is 0 Å². The molecule has 0 aliphatic rings. The van der Waals surface area contributed by atoms with Gasteiger partial charge in [-0.2, -0.15) is 11.3 Å². The molecule has 1 aromatic carbocycles. The lowest BCUT2D eigenvalue weighted by Gasteiger charge is -2.17. The third-order valence-electron chi connectivity index (χ3n) is 2.64. The Kier molecular flexibility index (Phi) is 4.52. The Balaban J connectivity index is 1.83. The van der Waals surface area contributed by atoms with E-state index in [0.29, 0.717) is 12.1 Å². The Hall–Kier alpha value is -1.88. The summed E-state index contributed by atoms with van der Waals surface area (Å²) in [5.41, 5.74) is 0.665. The predicted octanol–water partition coefficient (Wildman–Crippen LogP) is 3.04. The Morgan fingerprint density at radius 3 is 2.84 bits per heavy atom. The average molecular weight is 279 g/mol. The molecule has 100 valence electrons. The van der Waals surface area contributed by atoms with E-state index in [0.717, 1.165) is 0 Å². The van der Waals surface area contributed by atoms with Gasteiger partial charge in [0.05, 0.1) is 12.1 Å². The fourth-order valence-electron chi connectivity index (χ4n) is 1.56. The van der Waals surface area contributed by atoms with Crippen LogP contribution in [0, 0.1) is 5.82 Å². The predicted molar refractivity (Wildman–Crippen MR) is 73.2 cm³/mol. The van der Waals surface area contributed by atoms with Crippen molar-refractivity contribution in [2.24, 2.45) is 0 Å². The van der Waals surface area contributed by atoms with Gasteiger partial charge in [0.25, 0.3) is 5.91 Å². The molecule has 1 aromatic heterocycles. The van der Waals surface area contributed by atoms with Crippen molar-refractivity contribution in [2.45, 2.75) is 0 Å². The lowest BCUT2D eigenvalue weighted by molar-refractivity contribution is 0.0773. The molecule has 0 aliphatic heterocycles. The third kappa shape index (κ3) is 3.54. The summed E-state index contributed by atoms with van der Waals surface area (Å²) in [4.78, 5) is 13.5. The first-order chi connectivity index (χ1) is 9.18. The minimum atomic E-state index is -0.394. The van der Waals surface area contributed by atoms with Gasteiger partial charge >= 0.3 is 0 Å². The van der Waals surface area contributed by atoms with E-state index < -0.39 is 5.82 Å². The van der Waals surface area contributed by atoms with E-state index in [-0.39, 0.29) is 18.3 Å². The average Bonchev–Trinajstić information content (AvgIpc) is 2.94. The molecule has 0 unspecified atom stereocenters. The zero-order valence-electron chi connectivity index (χ0n) is 10.5. The highest BCUT2D eigenvalue weighted by Gasteiger charge is 2.11. The zero-order valence-corrected chi connectivity index (χ0v) is 11.3. The van der Waals surface area contributed by atoms with Crippen LogP contribution in [-0.2, 0) is 0 Å². The molecule has 0 atom stereocenters. The Morgan fingerprint density at radius 1 is 1.37 bits per heavy atom. The van der Waals surface area contributed by atoms with Crippen LogP contribution in [0.4, 0.5) is 4.39 Å². The molecule has 2 rings (SSSR count). The number of amides is 1. The molecule has 1 heterocycles. The van der Waals surface area contributed by atoms with Gasteiger partial charge in [-0.25, -0.2) is 4.39 Å². The van der Waals surface area contributed by atoms with E-state index in [9.17, 15) is 9.18 Å². The van der Waals surface area contributed by atoms with Crippen molar-refractivity contribution in [2.75, 3.05) is 20.2 Å². The number of hydrogen-bond donors (Lipinski definition) is 0. The normalized spacial score (nSPS) is 10.2. The summed E-state index contributed by atoms with van der Waals surface area (Å²) in [6.45, 7) is 0.663. The summed E-state index contributed by atoms with van der Waals surface area (Å²) in [6.07, 6.45) is 0. The third-order valence-corrected chi connectivity index (χ3v) is 3.32. The second-order valence-corrected chi connectivity index (χ2v) is 4.80. The smallest absolute Gasteiger partial charge is 0.254 e. The van der Waals surface area contributed by atoms with Gasteiger partial charge in [-0.15, -0.1) is 0 Å². The molecule has 0 radical (unpaired) electrons. The first-order valence-corrected chi connectivity index (χ1v) is 6.78. The van der Waals surface area contributed by atoms with Gasteiger partial charge < -0.3 is 9.64 Å². The van der Waals surface area contributed by atoms with E-state index in [4.69, 9.17) is 4.74 Å². The van der Waals surface area contributed by atoms with Crippen LogP contribution in [0.5, 0.6) is 5.75 Å². The Bertz CT molecular complexity index is 542. The fraction of sp³-hybridized carbons (Fsp3) is 0.214. The monoisotopic (exact) mass is 279 g/mol. The molecule has 0 fully saturated rings. The number of thiophene rings is 1. The van der Waals surface area contributed by atoms with Crippen molar-refractivity contribution >= 4 is 17.2 Å². The standard InChI is InChI=1S/C14H14FNO2S/c1-16(14(17)11-6-9-19-10-11)7-8-18-13-5-3-2-4-12(13)15/h2-6,9-10H,7-8H2,1H3. The second-order valence-electron chi connectivity index (χ2n) is 4.02. The molecule has 3 nitrogen and oxygen atoms in total. The second kappa shape index (κ2) is 6.33. The Labute approximate surface area is 115 Å². The van der Waals surface area contributed by atoms with Crippen LogP contribution in [0.25, 0.3) is 0 Å². The van der Waals surface area contributed by atoms with Crippen molar-refractivity contribution in [1.82, 2.24) is 4.90 Å². The van der Waals surface area contributed by atoms with Crippen LogP contribution in [0.1, 0.15) is 10.4 Å². The van der Waals surface area contributed by atoms with Crippen LogP contribution in [0.15, 0.2) is 41.1 Å². The molecule has 0 N–H and O–H groups in total. The van der Waals surface area contributed by atoms with E-state index in [2.05, 4.69) is 0 Å².